The van der Waals surface area contributed by atoms with Crippen LogP contribution in [0.1, 0.15) is 110 Å². The summed E-state index contributed by atoms with van der Waals surface area (Å²) >= 11 is 0. The molecule has 2 heteroatoms. The molecule has 0 aliphatic heterocycles. The Kier molecular flexibility index (Phi) is 8.00. The van der Waals surface area contributed by atoms with Crippen LogP contribution >= 0.6 is 0 Å². The summed E-state index contributed by atoms with van der Waals surface area (Å²) in [6, 6.07) is 0. The van der Waals surface area contributed by atoms with Crippen molar-refractivity contribution >= 4 is 0 Å². The Morgan fingerprint density at radius 1 is 0.692 bits per heavy atom. The highest BCUT2D eigenvalue weighted by Gasteiger charge is 2.37. The first-order chi connectivity index (χ1) is 12.7. The largest absolute Gasteiger partial charge is 0.269 e. The summed E-state index contributed by atoms with van der Waals surface area (Å²) < 4.78 is 25.1. The molecule has 0 unspecified atom stereocenters. The van der Waals surface area contributed by atoms with Crippen molar-refractivity contribution in [2.75, 3.05) is 0 Å². The van der Waals surface area contributed by atoms with Gasteiger partial charge in [0.05, 0.1) is 0 Å². The molecule has 3 aliphatic carbocycles. The van der Waals surface area contributed by atoms with Gasteiger partial charge in [0.25, 0.3) is 6.08 Å². The van der Waals surface area contributed by atoms with Crippen molar-refractivity contribution in [1.29, 1.82) is 0 Å². The van der Waals surface area contributed by atoms with Crippen molar-refractivity contribution in [1.82, 2.24) is 0 Å². The SMILES string of the molecule is CCCCCCCC1CCC(C2CCC(C3CC(=C(F)F)C3)CC2)CC1. The molecule has 0 nitrogen and oxygen atoms in total. The number of hydrogen-bond donors (Lipinski definition) is 0. The summed E-state index contributed by atoms with van der Waals surface area (Å²) in [4.78, 5) is 0. The molecule has 0 saturated heterocycles. The molecule has 0 N–H and O–H groups in total. The van der Waals surface area contributed by atoms with Crippen LogP contribution in [0.5, 0.6) is 0 Å². The zero-order valence-corrected chi connectivity index (χ0v) is 17.0. The molecule has 0 aromatic carbocycles. The molecule has 3 rings (SSSR count). The molecule has 0 radical (unpaired) electrons. The van der Waals surface area contributed by atoms with E-state index in [0.717, 1.165) is 23.7 Å². The smallest absolute Gasteiger partial charge is 0.173 e. The predicted octanol–water partition coefficient (Wildman–Crippen LogP) is 8.52. The average Bonchev–Trinajstić information content (AvgIpc) is 2.61. The van der Waals surface area contributed by atoms with E-state index >= 15 is 0 Å². The van der Waals surface area contributed by atoms with E-state index in [4.69, 9.17) is 0 Å². The second-order valence-electron chi connectivity index (χ2n) is 9.69. The molecule has 150 valence electrons. The van der Waals surface area contributed by atoms with Gasteiger partial charge in [0.15, 0.2) is 0 Å². The molecule has 0 heterocycles. The fraction of sp³-hybridized carbons (Fsp3) is 0.917. The lowest BCUT2D eigenvalue weighted by Crippen LogP contribution is -2.31. The summed E-state index contributed by atoms with van der Waals surface area (Å²) in [5.41, 5.74) is 0.449. The molecular weight excluding hydrogens is 326 g/mol. The summed E-state index contributed by atoms with van der Waals surface area (Å²) in [6.07, 6.45) is 19.9. The Bertz CT molecular complexity index is 427. The lowest BCUT2D eigenvalue weighted by molar-refractivity contribution is 0.110. The molecule has 0 amide bonds. The van der Waals surface area contributed by atoms with Crippen molar-refractivity contribution in [2.24, 2.45) is 29.6 Å². The highest BCUT2D eigenvalue weighted by Crippen LogP contribution is 2.49. The maximum atomic E-state index is 12.6. The summed E-state index contributed by atoms with van der Waals surface area (Å²) in [5, 5.41) is 0. The minimum Gasteiger partial charge on any atom is -0.173 e. The highest BCUT2D eigenvalue weighted by molar-refractivity contribution is 5.14. The minimum absolute atomic E-state index is 0.449. The van der Waals surface area contributed by atoms with Gasteiger partial charge in [-0.3, -0.25) is 0 Å². The van der Waals surface area contributed by atoms with Crippen LogP contribution in [0.15, 0.2) is 11.7 Å². The van der Waals surface area contributed by atoms with Crippen LogP contribution in [-0.2, 0) is 0 Å². The maximum absolute atomic E-state index is 12.6. The van der Waals surface area contributed by atoms with E-state index in [9.17, 15) is 8.78 Å². The van der Waals surface area contributed by atoms with Crippen LogP contribution in [0.2, 0.25) is 0 Å². The third kappa shape index (κ3) is 5.55. The first-order valence-corrected chi connectivity index (χ1v) is 11.7. The van der Waals surface area contributed by atoms with E-state index in [1.807, 2.05) is 0 Å². The van der Waals surface area contributed by atoms with Crippen LogP contribution in [-0.4, -0.2) is 0 Å². The number of allylic oxidation sites excluding steroid dienone is 1. The average molecular weight is 367 g/mol. The maximum Gasteiger partial charge on any atom is 0.269 e. The van der Waals surface area contributed by atoms with Gasteiger partial charge in [0.1, 0.15) is 0 Å². The van der Waals surface area contributed by atoms with E-state index in [1.54, 1.807) is 0 Å². The van der Waals surface area contributed by atoms with Gasteiger partial charge in [-0.2, -0.15) is 8.78 Å². The lowest BCUT2D eigenvalue weighted by atomic mass is 9.63. The molecule has 3 aliphatic rings. The number of unbranched alkanes of at least 4 members (excludes halogenated alkanes) is 4. The van der Waals surface area contributed by atoms with Crippen molar-refractivity contribution < 1.29 is 8.78 Å². The second-order valence-corrected chi connectivity index (χ2v) is 9.69. The normalized spacial score (nSPS) is 35.2. The fourth-order valence-corrected chi connectivity index (χ4v) is 6.13. The van der Waals surface area contributed by atoms with E-state index in [1.165, 1.54) is 89.9 Å². The number of rotatable bonds is 8. The first kappa shape index (κ1) is 20.3. The van der Waals surface area contributed by atoms with Gasteiger partial charge < -0.3 is 0 Å². The van der Waals surface area contributed by atoms with Gasteiger partial charge in [0.2, 0.25) is 0 Å². The van der Waals surface area contributed by atoms with Gasteiger partial charge >= 0.3 is 0 Å². The topological polar surface area (TPSA) is 0 Å². The van der Waals surface area contributed by atoms with Crippen LogP contribution in [0.3, 0.4) is 0 Å². The third-order valence-corrected chi connectivity index (χ3v) is 8.04. The quantitative estimate of drug-likeness (QED) is 0.378. The summed E-state index contributed by atoms with van der Waals surface area (Å²) in [5.74, 6) is 4.27. The molecular formula is C24H40F2. The molecule has 26 heavy (non-hydrogen) atoms. The standard InChI is InChI=1S/C24H40F2/c1-2-3-4-5-6-7-18-8-10-19(11-9-18)20-12-14-21(15-13-20)22-16-23(17-22)24(25)26/h18-22H,2-17H2,1H3. The highest BCUT2D eigenvalue weighted by atomic mass is 19.3. The van der Waals surface area contributed by atoms with Crippen molar-refractivity contribution in [3.8, 4) is 0 Å². The zero-order chi connectivity index (χ0) is 18.4. The van der Waals surface area contributed by atoms with Gasteiger partial charge in [-0.25, -0.2) is 0 Å². The summed E-state index contributed by atoms with van der Waals surface area (Å²) in [7, 11) is 0. The first-order valence-electron chi connectivity index (χ1n) is 11.7. The van der Waals surface area contributed by atoms with Crippen molar-refractivity contribution in [2.45, 2.75) is 110 Å². The van der Waals surface area contributed by atoms with Gasteiger partial charge in [-0.15, -0.1) is 0 Å². The van der Waals surface area contributed by atoms with Crippen molar-refractivity contribution in [3.05, 3.63) is 11.7 Å². The van der Waals surface area contributed by atoms with Gasteiger partial charge in [-0.1, -0.05) is 58.3 Å². The van der Waals surface area contributed by atoms with Crippen LogP contribution < -0.4 is 0 Å². The Hall–Kier alpha value is -0.400. The predicted molar refractivity (Wildman–Crippen MR) is 106 cm³/mol. The van der Waals surface area contributed by atoms with Crippen LogP contribution in [0.4, 0.5) is 8.78 Å². The Morgan fingerprint density at radius 3 is 1.73 bits per heavy atom. The van der Waals surface area contributed by atoms with E-state index in [2.05, 4.69) is 6.92 Å². The molecule has 0 aromatic rings. The molecule has 0 aromatic heterocycles. The number of hydrogen-bond acceptors (Lipinski definition) is 0. The Morgan fingerprint density at radius 2 is 1.19 bits per heavy atom. The molecule has 0 atom stereocenters. The molecule has 3 fully saturated rings. The zero-order valence-electron chi connectivity index (χ0n) is 17.0. The van der Waals surface area contributed by atoms with Crippen LogP contribution in [0.25, 0.3) is 0 Å². The third-order valence-electron chi connectivity index (χ3n) is 8.04. The monoisotopic (exact) mass is 366 g/mol. The molecule has 3 saturated carbocycles. The summed E-state index contributed by atoms with van der Waals surface area (Å²) in [6.45, 7) is 2.29. The second kappa shape index (κ2) is 10.2. The minimum atomic E-state index is -1.39. The number of halogens is 2. The Balaban J connectivity index is 1.28. The lowest BCUT2D eigenvalue weighted by Gasteiger charge is -2.42. The van der Waals surface area contributed by atoms with Crippen molar-refractivity contribution in [3.63, 3.8) is 0 Å². The van der Waals surface area contributed by atoms with E-state index < -0.39 is 6.08 Å². The van der Waals surface area contributed by atoms with E-state index in [0.29, 0.717) is 24.3 Å². The molecule has 0 spiro atoms. The van der Waals surface area contributed by atoms with Gasteiger partial charge in [0, 0.05) is 0 Å². The Labute approximate surface area is 160 Å². The molecule has 0 bridgehead atoms. The fourth-order valence-electron chi connectivity index (χ4n) is 6.13. The van der Waals surface area contributed by atoms with Gasteiger partial charge in [-0.05, 0) is 86.5 Å². The van der Waals surface area contributed by atoms with E-state index in [-0.39, 0.29) is 0 Å². The van der Waals surface area contributed by atoms with Crippen LogP contribution in [0, 0.1) is 29.6 Å².